The molecule has 2 aliphatic rings. The Labute approximate surface area is 132 Å². The molecule has 1 saturated heterocycles. The summed E-state index contributed by atoms with van der Waals surface area (Å²) in [5.41, 5.74) is 0.637. The minimum absolute atomic E-state index is 0.0241. The summed E-state index contributed by atoms with van der Waals surface area (Å²) in [5, 5.41) is 6.34. The van der Waals surface area contributed by atoms with Crippen LogP contribution >= 0.6 is 0 Å². The van der Waals surface area contributed by atoms with Crippen LogP contribution < -0.4 is 10.6 Å². The fourth-order valence-corrected chi connectivity index (χ4v) is 3.01. The van der Waals surface area contributed by atoms with Crippen LogP contribution in [0.25, 0.3) is 0 Å². The lowest BCUT2D eigenvalue weighted by Crippen LogP contribution is -2.39. The molecule has 1 saturated carbocycles. The molecule has 2 fully saturated rings. The smallest absolute Gasteiger partial charge is 0.252 e. The first-order valence-electron chi connectivity index (χ1n) is 8.43. The van der Waals surface area contributed by atoms with Crippen molar-refractivity contribution in [2.75, 3.05) is 25.5 Å². The predicted molar refractivity (Wildman–Crippen MR) is 88.1 cm³/mol. The fraction of sp³-hybridized carbons (Fsp3) is 0.647. The number of hydrogen-bond acceptors (Lipinski definition) is 4. The van der Waals surface area contributed by atoms with Crippen molar-refractivity contribution in [2.24, 2.45) is 0 Å². The van der Waals surface area contributed by atoms with Gasteiger partial charge in [-0.3, -0.25) is 4.79 Å². The van der Waals surface area contributed by atoms with Crippen molar-refractivity contribution in [3.05, 3.63) is 23.9 Å². The second-order valence-corrected chi connectivity index (χ2v) is 6.53. The molecule has 5 nitrogen and oxygen atoms in total. The minimum atomic E-state index is -0.0241. The monoisotopic (exact) mass is 302 g/mol. The summed E-state index contributed by atoms with van der Waals surface area (Å²) in [6, 6.07) is 4.93. The Morgan fingerprint density at radius 1 is 1.32 bits per heavy atom. The second kappa shape index (κ2) is 7.09. The van der Waals surface area contributed by atoms with Crippen LogP contribution in [0.2, 0.25) is 0 Å². The normalized spacial score (nSPS) is 22.3. The maximum atomic E-state index is 12.1. The maximum absolute atomic E-state index is 12.1. The quantitative estimate of drug-likeness (QED) is 0.846. The van der Waals surface area contributed by atoms with E-state index in [9.17, 15) is 4.79 Å². The highest BCUT2D eigenvalue weighted by Crippen LogP contribution is 2.23. The number of anilines is 1. The highest BCUT2D eigenvalue weighted by molar-refractivity contribution is 5.94. The predicted octanol–water partition coefficient (Wildman–Crippen LogP) is 2.26. The van der Waals surface area contributed by atoms with Crippen LogP contribution in [-0.4, -0.2) is 48.0 Å². The third-order valence-electron chi connectivity index (χ3n) is 4.64. The van der Waals surface area contributed by atoms with Gasteiger partial charge in [-0.25, -0.2) is 4.98 Å². The van der Waals surface area contributed by atoms with E-state index >= 15 is 0 Å². The number of piperidine rings is 1. The van der Waals surface area contributed by atoms with Crippen LogP contribution in [-0.2, 0) is 0 Å². The van der Waals surface area contributed by atoms with E-state index in [0.717, 1.165) is 18.8 Å². The summed E-state index contributed by atoms with van der Waals surface area (Å²) >= 11 is 0. The van der Waals surface area contributed by atoms with E-state index in [1.54, 1.807) is 6.20 Å². The van der Waals surface area contributed by atoms with Gasteiger partial charge in [0.25, 0.3) is 5.91 Å². The van der Waals surface area contributed by atoms with E-state index in [4.69, 9.17) is 0 Å². The van der Waals surface area contributed by atoms with Crippen molar-refractivity contribution >= 4 is 11.7 Å². The molecule has 2 heterocycles. The van der Waals surface area contributed by atoms with Gasteiger partial charge in [-0.05, 0) is 57.8 Å². The first kappa shape index (κ1) is 15.3. The Balaban J connectivity index is 1.42. The van der Waals surface area contributed by atoms with Crippen molar-refractivity contribution in [1.29, 1.82) is 0 Å². The second-order valence-electron chi connectivity index (χ2n) is 6.53. The zero-order chi connectivity index (χ0) is 15.4. The molecule has 1 aromatic rings. The standard InChI is InChI=1S/C17H26N4O/c1-21-11-3-2-4-15(21)9-10-18-17(22)13-5-8-16(19-12-13)20-14-6-7-14/h5,8,12,14-15H,2-4,6-7,9-11H2,1H3,(H,18,22)(H,19,20)/t15-/m1/s1. The van der Waals surface area contributed by atoms with Gasteiger partial charge in [-0.2, -0.15) is 0 Å². The lowest BCUT2D eigenvalue weighted by Gasteiger charge is -2.32. The first-order chi connectivity index (χ1) is 10.7. The number of rotatable bonds is 6. The molecule has 22 heavy (non-hydrogen) atoms. The number of pyridine rings is 1. The van der Waals surface area contributed by atoms with Gasteiger partial charge in [0.1, 0.15) is 5.82 Å². The number of nitrogens with zero attached hydrogens (tertiary/aromatic N) is 2. The van der Waals surface area contributed by atoms with Crippen molar-refractivity contribution in [1.82, 2.24) is 15.2 Å². The molecule has 0 radical (unpaired) electrons. The van der Waals surface area contributed by atoms with E-state index < -0.39 is 0 Å². The molecular formula is C17H26N4O. The molecule has 2 N–H and O–H groups in total. The van der Waals surface area contributed by atoms with Crippen molar-refractivity contribution in [3.8, 4) is 0 Å². The van der Waals surface area contributed by atoms with Gasteiger partial charge in [0, 0.05) is 24.8 Å². The Kier molecular flexibility index (Phi) is 4.93. The van der Waals surface area contributed by atoms with Crippen molar-refractivity contribution in [2.45, 2.75) is 50.6 Å². The zero-order valence-corrected chi connectivity index (χ0v) is 13.3. The minimum Gasteiger partial charge on any atom is -0.367 e. The van der Waals surface area contributed by atoms with Crippen LogP contribution in [0.15, 0.2) is 18.3 Å². The average Bonchev–Trinajstić information content (AvgIpc) is 3.34. The number of carbonyl (C=O) groups is 1. The highest BCUT2D eigenvalue weighted by Gasteiger charge is 2.21. The van der Waals surface area contributed by atoms with Gasteiger partial charge in [0.2, 0.25) is 0 Å². The summed E-state index contributed by atoms with van der Waals surface area (Å²) in [4.78, 5) is 18.9. The molecule has 120 valence electrons. The number of amides is 1. The molecule has 0 unspecified atom stereocenters. The van der Waals surface area contributed by atoms with E-state index in [2.05, 4.69) is 27.6 Å². The van der Waals surface area contributed by atoms with E-state index in [-0.39, 0.29) is 5.91 Å². The molecular weight excluding hydrogens is 276 g/mol. The third-order valence-corrected chi connectivity index (χ3v) is 4.64. The molecule has 1 aliphatic heterocycles. The molecule has 1 aliphatic carbocycles. The summed E-state index contributed by atoms with van der Waals surface area (Å²) < 4.78 is 0. The van der Waals surface area contributed by atoms with Crippen LogP contribution in [0.3, 0.4) is 0 Å². The lowest BCUT2D eigenvalue weighted by molar-refractivity contribution is 0.0945. The number of likely N-dealkylation sites (tertiary alicyclic amines) is 1. The Morgan fingerprint density at radius 3 is 2.86 bits per heavy atom. The molecule has 3 rings (SSSR count). The summed E-state index contributed by atoms with van der Waals surface area (Å²) in [5.74, 6) is 0.840. The Bertz CT molecular complexity index is 498. The number of hydrogen-bond donors (Lipinski definition) is 2. The topological polar surface area (TPSA) is 57.3 Å². The molecule has 1 amide bonds. The molecule has 0 aromatic carbocycles. The maximum Gasteiger partial charge on any atom is 0.252 e. The van der Waals surface area contributed by atoms with Gasteiger partial charge in [-0.15, -0.1) is 0 Å². The fourth-order valence-electron chi connectivity index (χ4n) is 3.01. The van der Waals surface area contributed by atoms with Crippen molar-refractivity contribution in [3.63, 3.8) is 0 Å². The van der Waals surface area contributed by atoms with Crippen LogP contribution in [0.4, 0.5) is 5.82 Å². The average molecular weight is 302 g/mol. The van der Waals surface area contributed by atoms with Gasteiger partial charge in [0.05, 0.1) is 5.56 Å². The van der Waals surface area contributed by atoms with Gasteiger partial charge in [-0.1, -0.05) is 6.42 Å². The lowest BCUT2D eigenvalue weighted by atomic mass is 10.0. The Hall–Kier alpha value is -1.62. The summed E-state index contributed by atoms with van der Waals surface area (Å²) in [6.45, 7) is 1.91. The molecule has 0 bridgehead atoms. The SMILES string of the molecule is CN1CCCC[C@@H]1CCNC(=O)c1ccc(NC2CC2)nc1. The number of aromatic nitrogens is 1. The van der Waals surface area contributed by atoms with Gasteiger partial charge >= 0.3 is 0 Å². The summed E-state index contributed by atoms with van der Waals surface area (Å²) in [7, 11) is 2.18. The Morgan fingerprint density at radius 2 is 2.18 bits per heavy atom. The van der Waals surface area contributed by atoms with E-state index in [0.29, 0.717) is 17.6 Å². The number of carbonyl (C=O) groups excluding carboxylic acids is 1. The molecule has 0 spiro atoms. The van der Waals surface area contributed by atoms with Crippen LogP contribution in [0.1, 0.15) is 48.9 Å². The largest absolute Gasteiger partial charge is 0.367 e. The van der Waals surface area contributed by atoms with Crippen LogP contribution in [0.5, 0.6) is 0 Å². The zero-order valence-electron chi connectivity index (χ0n) is 13.3. The summed E-state index contributed by atoms with van der Waals surface area (Å²) in [6.07, 6.45) is 8.98. The molecule has 5 heteroatoms. The third kappa shape index (κ3) is 4.19. The van der Waals surface area contributed by atoms with E-state index in [1.807, 2.05) is 12.1 Å². The molecule has 1 atom stereocenters. The van der Waals surface area contributed by atoms with E-state index in [1.165, 1.54) is 38.6 Å². The van der Waals surface area contributed by atoms with Crippen molar-refractivity contribution < 1.29 is 4.79 Å². The van der Waals surface area contributed by atoms with Crippen LogP contribution in [0, 0.1) is 0 Å². The number of nitrogens with one attached hydrogen (secondary N) is 2. The highest BCUT2D eigenvalue weighted by atomic mass is 16.1. The molecule has 1 aromatic heterocycles. The first-order valence-corrected chi connectivity index (χ1v) is 8.43. The van der Waals surface area contributed by atoms with Gasteiger partial charge < -0.3 is 15.5 Å². The van der Waals surface area contributed by atoms with Gasteiger partial charge in [0.15, 0.2) is 0 Å².